The highest BCUT2D eigenvalue weighted by molar-refractivity contribution is 5.85. The second kappa shape index (κ2) is 7.03. The molecule has 4 N–H and O–H groups in total. The number of ether oxygens (including phenoxy) is 2. The van der Waals surface area contributed by atoms with E-state index in [1.165, 1.54) is 17.2 Å². The molecule has 28 heavy (non-hydrogen) atoms. The van der Waals surface area contributed by atoms with E-state index < -0.39 is 30.5 Å². The highest BCUT2D eigenvalue weighted by Gasteiger charge is 2.48. The summed E-state index contributed by atoms with van der Waals surface area (Å²) in [7, 11) is 1.58. The van der Waals surface area contributed by atoms with Crippen LogP contribution in [-0.4, -0.2) is 66.2 Å². The number of carbonyl (C=O) groups is 1. The summed E-state index contributed by atoms with van der Waals surface area (Å²) in [5.41, 5.74) is 1.45. The van der Waals surface area contributed by atoms with Crippen molar-refractivity contribution < 1.29 is 29.6 Å². The van der Waals surface area contributed by atoms with Gasteiger partial charge in [-0.1, -0.05) is 0 Å². The van der Waals surface area contributed by atoms with Crippen molar-refractivity contribution >= 4 is 28.6 Å². The Morgan fingerprint density at radius 2 is 1.93 bits per heavy atom. The Morgan fingerprint density at radius 1 is 1.18 bits per heavy atom. The van der Waals surface area contributed by atoms with Crippen molar-refractivity contribution in [3.8, 4) is 5.75 Å². The molecule has 1 fully saturated rings. The van der Waals surface area contributed by atoms with Gasteiger partial charge in [-0.3, -0.25) is 4.57 Å². The van der Waals surface area contributed by atoms with Gasteiger partial charge in [0.05, 0.1) is 13.4 Å². The summed E-state index contributed by atoms with van der Waals surface area (Å²) in [6, 6.07) is 7.19. The zero-order chi connectivity index (χ0) is 19.8. The molecule has 0 bridgehead atoms. The fourth-order valence-electron chi connectivity index (χ4n) is 3.03. The van der Waals surface area contributed by atoms with Gasteiger partial charge in [-0.15, -0.1) is 0 Å². The van der Waals surface area contributed by atoms with Gasteiger partial charge in [0.1, 0.15) is 24.3 Å². The Balaban J connectivity index is 1.66. The maximum atomic E-state index is 11.2. The van der Waals surface area contributed by atoms with Crippen molar-refractivity contribution in [2.75, 3.05) is 12.4 Å². The van der Waals surface area contributed by atoms with E-state index >= 15 is 0 Å². The maximum Gasteiger partial charge on any atom is 0.335 e. The van der Waals surface area contributed by atoms with Gasteiger partial charge in [0.15, 0.2) is 29.3 Å². The average molecular weight is 387 g/mol. The number of carboxylic acids is 1. The average Bonchev–Trinajstić information content (AvgIpc) is 3.25. The van der Waals surface area contributed by atoms with Crippen LogP contribution in [0.15, 0.2) is 36.9 Å². The summed E-state index contributed by atoms with van der Waals surface area (Å²) in [6.07, 6.45) is -3.06. The van der Waals surface area contributed by atoms with Crippen LogP contribution in [0, 0.1) is 0 Å². The van der Waals surface area contributed by atoms with E-state index in [4.69, 9.17) is 14.6 Å². The second-order valence-corrected chi connectivity index (χ2v) is 6.17. The molecule has 3 heterocycles. The Bertz CT molecular complexity index is 1010. The number of fused-ring (bicyclic) bond motifs is 1. The molecule has 4 atom stereocenters. The number of hydrogen-bond donors (Lipinski definition) is 4. The van der Waals surface area contributed by atoms with E-state index in [0.717, 1.165) is 5.69 Å². The lowest BCUT2D eigenvalue weighted by atomic mass is 10.1. The summed E-state index contributed by atoms with van der Waals surface area (Å²) in [5, 5.41) is 32.4. The number of anilines is 2. The molecule has 1 aliphatic rings. The first-order valence-corrected chi connectivity index (χ1v) is 8.32. The number of aliphatic hydroxyl groups excluding tert-OH is 2. The van der Waals surface area contributed by atoms with Gasteiger partial charge in [-0.25, -0.2) is 19.7 Å². The molecular formula is C17H17N5O6. The number of aliphatic hydroxyl groups is 2. The lowest BCUT2D eigenvalue weighted by Gasteiger charge is -2.16. The number of aliphatic carboxylic acids is 1. The van der Waals surface area contributed by atoms with Crippen molar-refractivity contribution in [3.05, 3.63) is 36.9 Å². The molecule has 2 aromatic heterocycles. The van der Waals surface area contributed by atoms with Gasteiger partial charge in [0.25, 0.3) is 0 Å². The minimum Gasteiger partial charge on any atom is -0.497 e. The highest BCUT2D eigenvalue weighted by Crippen LogP contribution is 2.32. The number of methoxy groups -OCH3 is 1. The third kappa shape index (κ3) is 3.01. The van der Waals surface area contributed by atoms with Gasteiger partial charge < -0.3 is 30.1 Å². The predicted octanol–water partition coefficient (Wildman–Crippen LogP) is 0.282. The first-order valence-electron chi connectivity index (χ1n) is 8.32. The topological polar surface area (TPSA) is 152 Å². The number of rotatable bonds is 5. The molecule has 1 saturated heterocycles. The van der Waals surface area contributed by atoms with E-state index in [1.807, 2.05) is 0 Å². The Kier molecular flexibility index (Phi) is 4.55. The molecule has 1 unspecified atom stereocenters. The molecule has 0 saturated carbocycles. The number of nitrogens with zero attached hydrogens (tertiary/aromatic N) is 4. The molecular weight excluding hydrogens is 370 g/mol. The molecule has 11 nitrogen and oxygen atoms in total. The van der Waals surface area contributed by atoms with Crippen molar-refractivity contribution in [3.63, 3.8) is 0 Å². The lowest BCUT2D eigenvalue weighted by molar-refractivity contribution is -0.155. The minimum absolute atomic E-state index is 0.313. The molecule has 0 amide bonds. The number of benzene rings is 1. The minimum atomic E-state index is -1.57. The smallest absolute Gasteiger partial charge is 0.335 e. The number of hydrogen-bond acceptors (Lipinski definition) is 9. The molecule has 1 aliphatic heterocycles. The number of nitrogens with one attached hydrogen (secondary N) is 1. The zero-order valence-electron chi connectivity index (χ0n) is 14.6. The molecule has 4 rings (SSSR count). The summed E-state index contributed by atoms with van der Waals surface area (Å²) in [5.74, 6) is -0.242. The van der Waals surface area contributed by atoms with Crippen LogP contribution in [0.1, 0.15) is 6.23 Å². The Labute approximate surface area is 158 Å². The van der Waals surface area contributed by atoms with E-state index in [2.05, 4.69) is 20.3 Å². The number of carboxylic acid groups (broad SMARTS) is 1. The van der Waals surface area contributed by atoms with E-state index in [9.17, 15) is 15.0 Å². The molecule has 0 spiro atoms. The van der Waals surface area contributed by atoms with Gasteiger partial charge >= 0.3 is 5.97 Å². The number of imidazole rings is 1. The Morgan fingerprint density at radius 3 is 2.57 bits per heavy atom. The largest absolute Gasteiger partial charge is 0.497 e. The molecule has 1 aromatic carbocycles. The van der Waals surface area contributed by atoms with E-state index in [0.29, 0.717) is 22.7 Å². The molecule has 11 heteroatoms. The van der Waals surface area contributed by atoms with Crippen LogP contribution in [0.2, 0.25) is 0 Å². The number of aromatic nitrogens is 4. The summed E-state index contributed by atoms with van der Waals surface area (Å²) in [6.45, 7) is 0. The molecule has 3 aromatic rings. The molecule has 0 radical (unpaired) electrons. The van der Waals surface area contributed by atoms with Crippen molar-refractivity contribution in [1.82, 2.24) is 19.5 Å². The fourth-order valence-corrected chi connectivity index (χ4v) is 3.03. The van der Waals surface area contributed by atoms with Crippen LogP contribution < -0.4 is 10.1 Å². The van der Waals surface area contributed by atoms with Gasteiger partial charge in [0, 0.05) is 5.69 Å². The van der Waals surface area contributed by atoms with Crippen LogP contribution in [0.3, 0.4) is 0 Å². The predicted molar refractivity (Wildman–Crippen MR) is 95.2 cm³/mol. The highest BCUT2D eigenvalue weighted by atomic mass is 16.6. The van der Waals surface area contributed by atoms with Gasteiger partial charge in [-0.2, -0.15) is 0 Å². The standard InChI is InChI=1S/C17H17N5O6/c1-27-9-4-2-8(3-5-9)21-14-10-15(19-6-18-14)22(7-20-10)16-12(24)11(23)13(28-16)17(25)26/h2-7,11-13,16,23-24H,1H3,(H,25,26)(H,18,19,21)/t11-,12+,13-,16?/m0/s1. The van der Waals surface area contributed by atoms with Crippen molar-refractivity contribution in [2.24, 2.45) is 0 Å². The summed E-state index contributed by atoms with van der Waals surface area (Å²) in [4.78, 5) is 23.8. The first kappa shape index (κ1) is 18.1. The van der Waals surface area contributed by atoms with Crippen LogP contribution in [-0.2, 0) is 9.53 Å². The van der Waals surface area contributed by atoms with Crippen molar-refractivity contribution in [1.29, 1.82) is 0 Å². The van der Waals surface area contributed by atoms with Crippen LogP contribution >= 0.6 is 0 Å². The zero-order valence-corrected chi connectivity index (χ0v) is 14.6. The summed E-state index contributed by atoms with van der Waals surface area (Å²) >= 11 is 0. The first-order chi connectivity index (χ1) is 13.5. The fraction of sp³-hybridized carbons (Fsp3) is 0.294. The Hall–Kier alpha value is -3.28. The van der Waals surface area contributed by atoms with Crippen LogP contribution in [0.25, 0.3) is 11.2 Å². The summed E-state index contributed by atoms with van der Waals surface area (Å²) < 4.78 is 11.8. The normalized spacial score (nSPS) is 24.4. The van der Waals surface area contributed by atoms with Crippen LogP contribution in [0.5, 0.6) is 5.75 Å². The van der Waals surface area contributed by atoms with Gasteiger partial charge in [0.2, 0.25) is 0 Å². The lowest BCUT2D eigenvalue weighted by Crippen LogP contribution is -2.35. The van der Waals surface area contributed by atoms with Crippen molar-refractivity contribution in [2.45, 2.75) is 24.5 Å². The second-order valence-electron chi connectivity index (χ2n) is 6.17. The quantitative estimate of drug-likeness (QED) is 0.480. The third-order valence-electron chi connectivity index (χ3n) is 4.47. The third-order valence-corrected chi connectivity index (χ3v) is 4.47. The maximum absolute atomic E-state index is 11.2. The van der Waals surface area contributed by atoms with E-state index in [-0.39, 0.29) is 0 Å². The molecule has 0 aliphatic carbocycles. The van der Waals surface area contributed by atoms with Crippen LogP contribution in [0.4, 0.5) is 11.5 Å². The van der Waals surface area contributed by atoms with Gasteiger partial charge in [-0.05, 0) is 24.3 Å². The van der Waals surface area contributed by atoms with E-state index in [1.54, 1.807) is 31.4 Å². The monoisotopic (exact) mass is 387 g/mol. The molecule has 146 valence electrons. The SMILES string of the molecule is COc1ccc(Nc2ncnc3c2ncn3C2O[C@H](C(=O)O)[C@@H](O)[C@H]2O)cc1.